The van der Waals surface area contributed by atoms with Crippen LogP contribution in [0.15, 0.2) is 30.3 Å². The number of nitrogens with two attached hydrogens (primary N) is 1. The maximum Gasteiger partial charge on any atom is 0.0415 e. The number of hydrogen-bond donors (Lipinski definition) is 1. The summed E-state index contributed by atoms with van der Waals surface area (Å²) in [6.07, 6.45) is 0. The predicted octanol–water partition coefficient (Wildman–Crippen LogP) is 4.26. The number of benzene rings is 1. The molecule has 0 spiro atoms. The molecule has 1 aromatic heterocycles. The fourth-order valence-electron chi connectivity index (χ4n) is 1.50. The van der Waals surface area contributed by atoms with E-state index in [4.69, 9.17) is 17.3 Å². The molecule has 0 saturated heterocycles. The van der Waals surface area contributed by atoms with E-state index in [1.807, 2.05) is 12.1 Å². The van der Waals surface area contributed by atoms with Crippen LogP contribution in [0.3, 0.4) is 0 Å². The Morgan fingerprint density at radius 1 is 1.25 bits per heavy atom. The molecule has 1 aromatic carbocycles. The first-order valence-corrected chi connectivity index (χ1v) is 5.95. The van der Waals surface area contributed by atoms with Gasteiger partial charge in [0.05, 0.1) is 0 Å². The second kappa shape index (κ2) is 5.69. The van der Waals surface area contributed by atoms with Crippen LogP contribution in [0, 0.1) is 6.92 Å². The van der Waals surface area contributed by atoms with Crippen molar-refractivity contribution in [3.05, 3.63) is 45.8 Å². The Hall–Kier alpha value is -0.540. The van der Waals surface area contributed by atoms with Crippen molar-refractivity contribution in [2.24, 2.45) is 5.73 Å². The van der Waals surface area contributed by atoms with Crippen LogP contribution in [0.2, 0.25) is 5.02 Å². The molecule has 0 atom stereocenters. The lowest BCUT2D eigenvalue weighted by atomic mass is 10.1. The summed E-state index contributed by atoms with van der Waals surface area (Å²) < 4.78 is 0. The fourth-order valence-corrected chi connectivity index (χ4v) is 2.61. The molecule has 0 unspecified atom stereocenters. The Labute approximate surface area is 111 Å². The van der Waals surface area contributed by atoms with E-state index in [-0.39, 0.29) is 12.4 Å². The molecule has 0 fully saturated rings. The minimum absolute atomic E-state index is 0. The molecule has 1 nitrogen and oxygen atoms in total. The number of thiophene rings is 1. The fraction of sp³-hybridized carbons (Fsp3) is 0.167. The van der Waals surface area contributed by atoms with Gasteiger partial charge in [0.15, 0.2) is 0 Å². The molecule has 0 aliphatic heterocycles. The van der Waals surface area contributed by atoms with E-state index in [2.05, 4.69) is 25.1 Å². The first-order valence-electron chi connectivity index (χ1n) is 4.75. The standard InChI is InChI=1S/C12H12ClNS.ClH/c1-8-2-3-12(15-8)10-4-9(7-14)5-11(13)6-10;/h2-6H,7,14H2,1H3;1H. The number of aryl methyl sites for hydroxylation is 1. The quantitative estimate of drug-likeness (QED) is 0.870. The number of hydrogen-bond acceptors (Lipinski definition) is 2. The minimum Gasteiger partial charge on any atom is -0.326 e. The van der Waals surface area contributed by atoms with Crippen molar-refractivity contribution in [1.29, 1.82) is 0 Å². The summed E-state index contributed by atoms with van der Waals surface area (Å²) in [6.45, 7) is 2.63. The van der Waals surface area contributed by atoms with Gasteiger partial charge in [-0.25, -0.2) is 0 Å². The third-order valence-corrected chi connectivity index (χ3v) is 3.49. The van der Waals surface area contributed by atoms with Crippen LogP contribution in [-0.4, -0.2) is 0 Å². The van der Waals surface area contributed by atoms with Crippen molar-refractivity contribution in [2.45, 2.75) is 13.5 Å². The maximum absolute atomic E-state index is 6.03. The van der Waals surface area contributed by atoms with Gasteiger partial charge >= 0.3 is 0 Å². The first-order chi connectivity index (χ1) is 7.19. The maximum atomic E-state index is 6.03. The van der Waals surface area contributed by atoms with Crippen LogP contribution < -0.4 is 5.73 Å². The van der Waals surface area contributed by atoms with Crippen LogP contribution in [0.4, 0.5) is 0 Å². The second-order valence-corrected chi connectivity index (χ2v) is 5.19. The SMILES string of the molecule is Cc1ccc(-c2cc(Cl)cc(CN)c2)s1.Cl. The highest BCUT2D eigenvalue weighted by Gasteiger charge is 2.03. The molecule has 0 aliphatic carbocycles. The molecule has 16 heavy (non-hydrogen) atoms. The molecule has 2 N–H and O–H groups in total. The largest absolute Gasteiger partial charge is 0.326 e. The van der Waals surface area contributed by atoms with E-state index in [0.29, 0.717) is 6.54 Å². The molecule has 4 heteroatoms. The summed E-state index contributed by atoms with van der Waals surface area (Å²) >= 11 is 7.80. The van der Waals surface area contributed by atoms with Crippen LogP contribution in [-0.2, 0) is 6.54 Å². The monoisotopic (exact) mass is 273 g/mol. The van der Waals surface area contributed by atoms with Gasteiger partial charge in [0.1, 0.15) is 0 Å². The average Bonchev–Trinajstić information content (AvgIpc) is 2.64. The van der Waals surface area contributed by atoms with E-state index < -0.39 is 0 Å². The van der Waals surface area contributed by atoms with Crippen molar-refractivity contribution >= 4 is 35.3 Å². The van der Waals surface area contributed by atoms with Crippen LogP contribution >= 0.6 is 35.3 Å². The van der Waals surface area contributed by atoms with Gasteiger partial charge < -0.3 is 5.73 Å². The first kappa shape index (κ1) is 13.5. The molecule has 2 rings (SSSR count). The summed E-state index contributed by atoms with van der Waals surface area (Å²) in [5.74, 6) is 0. The van der Waals surface area contributed by atoms with E-state index >= 15 is 0 Å². The van der Waals surface area contributed by atoms with Gasteiger partial charge in [0.2, 0.25) is 0 Å². The van der Waals surface area contributed by atoms with Gasteiger partial charge in [-0.05, 0) is 48.4 Å². The zero-order chi connectivity index (χ0) is 10.8. The van der Waals surface area contributed by atoms with Crippen molar-refractivity contribution < 1.29 is 0 Å². The number of halogens is 2. The number of rotatable bonds is 2. The molecule has 0 bridgehead atoms. The summed E-state index contributed by atoms with van der Waals surface area (Å²) in [6, 6.07) is 10.2. The predicted molar refractivity (Wildman–Crippen MR) is 74.6 cm³/mol. The third-order valence-electron chi connectivity index (χ3n) is 2.22. The normalized spacial score (nSPS) is 9.94. The van der Waals surface area contributed by atoms with Gasteiger partial charge in [-0.3, -0.25) is 0 Å². The lowest BCUT2D eigenvalue weighted by molar-refractivity contribution is 1.07. The zero-order valence-electron chi connectivity index (χ0n) is 8.87. The minimum atomic E-state index is 0. The molecule has 0 aliphatic rings. The van der Waals surface area contributed by atoms with Crippen molar-refractivity contribution in [2.75, 3.05) is 0 Å². The second-order valence-electron chi connectivity index (χ2n) is 3.46. The van der Waals surface area contributed by atoms with Crippen LogP contribution in [0.5, 0.6) is 0 Å². The van der Waals surface area contributed by atoms with Gasteiger partial charge in [-0.1, -0.05) is 11.6 Å². The highest BCUT2D eigenvalue weighted by atomic mass is 35.5. The van der Waals surface area contributed by atoms with E-state index in [0.717, 1.165) is 16.1 Å². The highest BCUT2D eigenvalue weighted by Crippen LogP contribution is 2.30. The van der Waals surface area contributed by atoms with E-state index in [9.17, 15) is 0 Å². The van der Waals surface area contributed by atoms with Gasteiger partial charge in [-0.15, -0.1) is 23.7 Å². The molecule has 1 heterocycles. The summed E-state index contributed by atoms with van der Waals surface area (Å²) in [7, 11) is 0. The average molecular weight is 274 g/mol. The topological polar surface area (TPSA) is 26.0 Å². The lowest BCUT2D eigenvalue weighted by Crippen LogP contribution is -1.95. The Morgan fingerprint density at radius 2 is 2.00 bits per heavy atom. The molecule has 0 saturated carbocycles. The Bertz CT molecular complexity index is 480. The molecular weight excluding hydrogens is 261 g/mol. The molecular formula is C12H13Cl2NS. The molecule has 0 radical (unpaired) electrons. The van der Waals surface area contributed by atoms with Gasteiger partial charge in [0.25, 0.3) is 0 Å². The highest BCUT2D eigenvalue weighted by molar-refractivity contribution is 7.15. The van der Waals surface area contributed by atoms with Gasteiger partial charge in [-0.2, -0.15) is 0 Å². The summed E-state index contributed by atoms with van der Waals surface area (Å²) in [5.41, 5.74) is 7.84. The van der Waals surface area contributed by atoms with Crippen molar-refractivity contribution in [1.82, 2.24) is 0 Å². The van der Waals surface area contributed by atoms with Gasteiger partial charge in [0, 0.05) is 21.3 Å². The summed E-state index contributed by atoms with van der Waals surface area (Å²) in [5, 5.41) is 0.749. The molecule has 0 amide bonds. The Balaban J connectivity index is 0.00000128. The van der Waals surface area contributed by atoms with Crippen molar-refractivity contribution in [3.8, 4) is 10.4 Å². The van der Waals surface area contributed by atoms with Crippen LogP contribution in [0.25, 0.3) is 10.4 Å². The zero-order valence-corrected chi connectivity index (χ0v) is 11.3. The lowest BCUT2D eigenvalue weighted by Gasteiger charge is -2.02. The Kier molecular flexibility index (Phi) is 4.81. The summed E-state index contributed by atoms with van der Waals surface area (Å²) in [4.78, 5) is 2.55. The molecule has 86 valence electrons. The smallest absolute Gasteiger partial charge is 0.0415 e. The Morgan fingerprint density at radius 3 is 2.56 bits per heavy atom. The van der Waals surface area contributed by atoms with Crippen molar-refractivity contribution in [3.63, 3.8) is 0 Å². The molecule has 2 aromatic rings. The van der Waals surface area contributed by atoms with E-state index in [1.165, 1.54) is 9.75 Å². The third kappa shape index (κ3) is 2.98. The van der Waals surface area contributed by atoms with E-state index in [1.54, 1.807) is 11.3 Å². The van der Waals surface area contributed by atoms with Crippen LogP contribution in [0.1, 0.15) is 10.4 Å².